The van der Waals surface area contributed by atoms with Gasteiger partial charge in [-0.3, -0.25) is 0 Å². The molecule has 112 valence electrons. The first-order chi connectivity index (χ1) is 9.20. The van der Waals surface area contributed by atoms with Crippen molar-refractivity contribution in [1.82, 2.24) is 5.32 Å². The van der Waals surface area contributed by atoms with Gasteiger partial charge in [0.25, 0.3) is 0 Å². The Bertz CT molecular complexity index is 678. The van der Waals surface area contributed by atoms with Gasteiger partial charge in [-0.2, -0.15) is 0 Å². The van der Waals surface area contributed by atoms with Crippen LogP contribution in [-0.2, 0) is 19.7 Å². The highest BCUT2D eigenvalue weighted by Gasteiger charge is 2.29. The average Bonchev–Trinajstić information content (AvgIpc) is 2.48. The molecule has 0 amide bonds. The molecule has 0 aromatic heterocycles. The third-order valence-electron chi connectivity index (χ3n) is 3.66. The number of rotatable bonds is 2. The van der Waals surface area contributed by atoms with Crippen molar-refractivity contribution in [2.24, 2.45) is 0 Å². The van der Waals surface area contributed by atoms with E-state index < -0.39 is 19.7 Å². The predicted molar refractivity (Wildman–Crippen MR) is 78.2 cm³/mol. The molecule has 1 aliphatic rings. The first-order valence-corrected chi connectivity index (χ1v) is 10.1. The molecule has 2 unspecified atom stereocenters. The van der Waals surface area contributed by atoms with Crippen LogP contribution in [0.15, 0.2) is 29.2 Å². The molecule has 1 fully saturated rings. The van der Waals surface area contributed by atoms with E-state index >= 15 is 0 Å². The Kier molecular flexibility index (Phi) is 4.22. The molecule has 1 aromatic carbocycles. The van der Waals surface area contributed by atoms with E-state index in [1.165, 1.54) is 12.1 Å². The van der Waals surface area contributed by atoms with Gasteiger partial charge in [0, 0.05) is 12.3 Å². The molecule has 2 rings (SSSR count). The van der Waals surface area contributed by atoms with Crippen LogP contribution in [0.4, 0.5) is 0 Å². The van der Waals surface area contributed by atoms with Crippen LogP contribution in [0.3, 0.4) is 0 Å². The van der Waals surface area contributed by atoms with E-state index in [1.54, 1.807) is 19.1 Å². The maximum absolute atomic E-state index is 12.1. The second kappa shape index (κ2) is 5.46. The first kappa shape index (κ1) is 15.5. The monoisotopic (exact) mass is 317 g/mol. The van der Waals surface area contributed by atoms with Crippen molar-refractivity contribution >= 4 is 19.7 Å². The summed E-state index contributed by atoms with van der Waals surface area (Å²) in [5.74, 6) is 0.0480. The van der Waals surface area contributed by atoms with Crippen LogP contribution in [0.5, 0.6) is 0 Å². The molecule has 1 aliphatic heterocycles. The summed E-state index contributed by atoms with van der Waals surface area (Å²) < 4.78 is 47.0. The zero-order valence-corrected chi connectivity index (χ0v) is 13.2. The van der Waals surface area contributed by atoms with E-state index in [0.29, 0.717) is 13.0 Å². The first-order valence-electron chi connectivity index (χ1n) is 6.45. The van der Waals surface area contributed by atoms with Gasteiger partial charge in [-0.25, -0.2) is 16.8 Å². The van der Waals surface area contributed by atoms with Crippen LogP contribution in [0.1, 0.15) is 24.9 Å². The second-order valence-electron chi connectivity index (χ2n) is 5.28. The molecule has 0 bridgehead atoms. The molecule has 0 aliphatic carbocycles. The number of benzene rings is 1. The van der Waals surface area contributed by atoms with Crippen LogP contribution in [0.25, 0.3) is 0 Å². The quantitative estimate of drug-likeness (QED) is 0.877. The van der Waals surface area contributed by atoms with E-state index in [4.69, 9.17) is 0 Å². The molecular formula is C13H19NO4S2. The van der Waals surface area contributed by atoms with E-state index in [9.17, 15) is 16.8 Å². The highest BCUT2D eigenvalue weighted by atomic mass is 32.2. The van der Waals surface area contributed by atoms with E-state index in [-0.39, 0.29) is 21.9 Å². The Balaban J connectivity index is 2.28. The third-order valence-corrected chi connectivity index (χ3v) is 7.05. The van der Waals surface area contributed by atoms with Crippen LogP contribution < -0.4 is 5.32 Å². The standard InChI is InChI=1S/C13H19NO4S2/c1-10-7-8-14-13(9-20(10,17)18)11-3-5-12(6-4-11)19(2,15)16/h3-6,10,13-14H,7-9H2,1-2H3. The molecule has 0 radical (unpaired) electrons. The van der Waals surface area contributed by atoms with Gasteiger partial charge < -0.3 is 5.32 Å². The molecule has 20 heavy (non-hydrogen) atoms. The molecule has 0 saturated carbocycles. The highest BCUT2D eigenvalue weighted by Crippen LogP contribution is 2.23. The Morgan fingerprint density at radius 3 is 2.35 bits per heavy atom. The molecule has 7 heteroatoms. The van der Waals surface area contributed by atoms with Gasteiger partial charge in [0.05, 0.1) is 15.9 Å². The van der Waals surface area contributed by atoms with E-state index in [0.717, 1.165) is 11.8 Å². The van der Waals surface area contributed by atoms with Crippen molar-refractivity contribution in [2.45, 2.75) is 29.5 Å². The summed E-state index contributed by atoms with van der Waals surface area (Å²) in [4.78, 5) is 0.242. The van der Waals surface area contributed by atoms with Crippen molar-refractivity contribution < 1.29 is 16.8 Å². The summed E-state index contributed by atoms with van der Waals surface area (Å²) >= 11 is 0. The van der Waals surface area contributed by atoms with Crippen molar-refractivity contribution in [3.05, 3.63) is 29.8 Å². The normalized spacial score (nSPS) is 26.9. The van der Waals surface area contributed by atoms with Crippen molar-refractivity contribution in [3.8, 4) is 0 Å². The SMILES string of the molecule is CC1CCNC(c2ccc(S(C)(=O)=O)cc2)CS1(=O)=O. The number of hydrogen-bond acceptors (Lipinski definition) is 5. The van der Waals surface area contributed by atoms with Crippen molar-refractivity contribution in [2.75, 3.05) is 18.6 Å². The minimum absolute atomic E-state index is 0.0480. The number of sulfone groups is 2. The van der Waals surface area contributed by atoms with Gasteiger partial charge in [-0.15, -0.1) is 0 Å². The molecule has 5 nitrogen and oxygen atoms in total. The van der Waals surface area contributed by atoms with Gasteiger partial charge >= 0.3 is 0 Å². The zero-order valence-electron chi connectivity index (χ0n) is 11.5. The van der Waals surface area contributed by atoms with Crippen LogP contribution in [0.2, 0.25) is 0 Å². The number of hydrogen-bond donors (Lipinski definition) is 1. The molecule has 1 aromatic rings. The summed E-state index contributed by atoms with van der Waals surface area (Å²) in [5, 5.41) is 2.88. The minimum atomic E-state index is -3.23. The fraction of sp³-hybridized carbons (Fsp3) is 0.538. The average molecular weight is 317 g/mol. The minimum Gasteiger partial charge on any atom is -0.309 e. The van der Waals surface area contributed by atoms with Crippen molar-refractivity contribution in [3.63, 3.8) is 0 Å². The molecule has 2 atom stereocenters. The molecule has 1 saturated heterocycles. The van der Waals surface area contributed by atoms with Crippen LogP contribution in [-0.4, -0.2) is 40.6 Å². The zero-order chi connectivity index (χ0) is 15.0. The highest BCUT2D eigenvalue weighted by molar-refractivity contribution is 7.92. The van der Waals surface area contributed by atoms with Gasteiger partial charge in [0.15, 0.2) is 19.7 Å². The smallest absolute Gasteiger partial charge is 0.175 e. The van der Waals surface area contributed by atoms with Gasteiger partial charge in [0.2, 0.25) is 0 Å². The lowest BCUT2D eigenvalue weighted by Gasteiger charge is -2.16. The van der Waals surface area contributed by atoms with Crippen LogP contribution >= 0.6 is 0 Å². The topological polar surface area (TPSA) is 80.3 Å². The fourth-order valence-electron chi connectivity index (χ4n) is 2.26. The summed E-state index contributed by atoms with van der Waals surface area (Å²) in [6, 6.07) is 6.12. The summed E-state index contributed by atoms with van der Waals surface area (Å²) in [5.41, 5.74) is 0.801. The predicted octanol–water partition coefficient (Wildman–Crippen LogP) is 0.928. The lowest BCUT2D eigenvalue weighted by Crippen LogP contribution is -2.26. The maximum atomic E-state index is 12.1. The summed E-state index contributed by atoms with van der Waals surface area (Å²) in [6.07, 6.45) is 1.75. The van der Waals surface area contributed by atoms with Gasteiger partial charge in [0.1, 0.15) is 0 Å². The lowest BCUT2D eigenvalue weighted by atomic mass is 10.1. The van der Waals surface area contributed by atoms with Gasteiger partial charge in [-0.1, -0.05) is 12.1 Å². The largest absolute Gasteiger partial charge is 0.309 e. The third kappa shape index (κ3) is 3.39. The van der Waals surface area contributed by atoms with E-state index in [1.807, 2.05) is 0 Å². The molecule has 0 spiro atoms. The Morgan fingerprint density at radius 2 is 1.80 bits per heavy atom. The number of nitrogens with one attached hydrogen (secondary N) is 1. The van der Waals surface area contributed by atoms with Crippen LogP contribution in [0, 0.1) is 0 Å². The summed E-state index contributed by atoms with van der Waals surface area (Å²) in [6.45, 7) is 2.37. The summed E-state index contributed by atoms with van der Waals surface area (Å²) in [7, 11) is -6.34. The second-order valence-corrected chi connectivity index (χ2v) is 9.76. The van der Waals surface area contributed by atoms with Gasteiger partial charge in [-0.05, 0) is 37.6 Å². The molecule has 1 N–H and O–H groups in total. The molecular weight excluding hydrogens is 298 g/mol. The Morgan fingerprint density at radius 1 is 1.20 bits per heavy atom. The Hall–Kier alpha value is -0.920. The molecule has 1 heterocycles. The lowest BCUT2D eigenvalue weighted by molar-refractivity contribution is 0.571. The van der Waals surface area contributed by atoms with Crippen molar-refractivity contribution in [1.29, 1.82) is 0 Å². The Labute approximate surface area is 120 Å². The van der Waals surface area contributed by atoms with E-state index in [2.05, 4.69) is 5.32 Å². The fourth-order valence-corrected chi connectivity index (χ4v) is 4.47. The maximum Gasteiger partial charge on any atom is 0.175 e.